The van der Waals surface area contributed by atoms with Crippen LogP contribution in [0, 0.1) is 13.8 Å². The van der Waals surface area contributed by atoms with E-state index in [1.807, 2.05) is 13.0 Å². The summed E-state index contributed by atoms with van der Waals surface area (Å²) < 4.78 is 0. The second kappa shape index (κ2) is 8.17. The van der Waals surface area contributed by atoms with Crippen LogP contribution in [0.3, 0.4) is 0 Å². The zero-order valence-electron chi connectivity index (χ0n) is 16.8. The van der Waals surface area contributed by atoms with Crippen LogP contribution in [0.15, 0.2) is 30.3 Å². The Kier molecular flexibility index (Phi) is 5.46. The Morgan fingerprint density at radius 2 is 1.71 bits per heavy atom. The maximum Gasteiger partial charge on any atom is 0.270 e. The molecule has 2 heterocycles. The molecule has 0 unspecified atom stereocenters. The van der Waals surface area contributed by atoms with E-state index >= 15 is 0 Å². The fourth-order valence-corrected chi connectivity index (χ4v) is 4.18. The number of aromatic nitrogens is 2. The normalized spacial score (nSPS) is 17.8. The highest BCUT2D eigenvalue weighted by Gasteiger charge is 2.22. The average molecular weight is 380 g/mol. The van der Waals surface area contributed by atoms with Gasteiger partial charge in [-0.3, -0.25) is 4.79 Å². The van der Waals surface area contributed by atoms with E-state index in [1.165, 1.54) is 24.1 Å². The molecule has 1 saturated heterocycles. The molecule has 148 valence electrons. The fourth-order valence-electron chi connectivity index (χ4n) is 4.18. The Morgan fingerprint density at radius 1 is 1.00 bits per heavy atom. The second-order valence-corrected chi connectivity index (χ2v) is 7.93. The molecule has 1 amide bonds. The van der Waals surface area contributed by atoms with Crippen LogP contribution in [0.5, 0.6) is 0 Å². The maximum atomic E-state index is 12.6. The van der Waals surface area contributed by atoms with E-state index in [0.717, 1.165) is 44.8 Å². The number of aryl methyl sites for hydroxylation is 2. The number of rotatable bonds is 4. The van der Waals surface area contributed by atoms with E-state index in [-0.39, 0.29) is 5.91 Å². The number of anilines is 2. The summed E-state index contributed by atoms with van der Waals surface area (Å²) in [6.45, 7) is 7.63. The molecule has 2 fully saturated rings. The van der Waals surface area contributed by atoms with Gasteiger partial charge in [0, 0.05) is 44.0 Å². The standard InChI is InChI=1S/C22H29N5O/c1-16-6-5-9-19(14-16)26-10-12-27(13-11-26)21-15-20(23-17(2)24-21)22(28)25-18-7-3-4-8-18/h5-6,9,14-15,18H,3-4,7-8,10-13H2,1-2H3,(H,25,28). The van der Waals surface area contributed by atoms with Crippen LogP contribution in [0.1, 0.15) is 47.6 Å². The van der Waals surface area contributed by atoms with Crippen LogP contribution in [0.4, 0.5) is 11.5 Å². The minimum Gasteiger partial charge on any atom is -0.368 e. The van der Waals surface area contributed by atoms with E-state index < -0.39 is 0 Å². The van der Waals surface area contributed by atoms with Crippen molar-refractivity contribution in [3.8, 4) is 0 Å². The van der Waals surface area contributed by atoms with Crippen molar-refractivity contribution in [2.75, 3.05) is 36.0 Å². The van der Waals surface area contributed by atoms with Gasteiger partial charge in [-0.25, -0.2) is 9.97 Å². The summed E-state index contributed by atoms with van der Waals surface area (Å²) in [6.07, 6.45) is 4.54. The van der Waals surface area contributed by atoms with Crippen LogP contribution in [0.2, 0.25) is 0 Å². The van der Waals surface area contributed by atoms with Gasteiger partial charge < -0.3 is 15.1 Å². The summed E-state index contributed by atoms with van der Waals surface area (Å²) in [7, 11) is 0. The van der Waals surface area contributed by atoms with Gasteiger partial charge in [-0.15, -0.1) is 0 Å². The molecule has 1 aliphatic heterocycles. The number of nitrogens with one attached hydrogen (secondary N) is 1. The smallest absolute Gasteiger partial charge is 0.270 e. The molecule has 1 saturated carbocycles. The monoisotopic (exact) mass is 379 g/mol. The Hall–Kier alpha value is -2.63. The molecule has 0 radical (unpaired) electrons. The number of hydrogen-bond acceptors (Lipinski definition) is 5. The largest absolute Gasteiger partial charge is 0.368 e. The summed E-state index contributed by atoms with van der Waals surface area (Å²) in [5, 5.41) is 3.13. The molecule has 6 heteroatoms. The van der Waals surface area contributed by atoms with Gasteiger partial charge in [0.2, 0.25) is 0 Å². The molecule has 1 aliphatic carbocycles. The molecule has 0 bridgehead atoms. The SMILES string of the molecule is Cc1cccc(N2CCN(c3cc(C(=O)NC4CCCC4)nc(C)n3)CC2)c1. The molecule has 1 N–H and O–H groups in total. The molecule has 0 atom stereocenters. The lowest BCUT2D eigenvalue weighted by atomic mass is 10.2. The lowest BCUT2D eigenvalue weighted by molar-refractivity contribution is 0.0932. The number of benzene rings is 1. The number of nitrogens with zero attached hydrogens (tertiary/aromatic N) is 4. The first-order chi connectivity index (χ1) is 13.6. The van der Waals surface area contributed by atoms with Crippen LogP contribution in [-0.4, -0.2) is 48.1 Å². The van der Waals surface area contributed by atoms with Crippen molar-refractivity contribution in [2.45, 2.75) is 45.6 Å². The number of amides is 1. The highest BCUT2D eigenvalue weighted by atomic mass is 16.1. The molecule has 28 heavy (non-hydrogen) atoms. The Bertz CT molecular complexity index is 839. The number of hydrogen-bond donors (Lipinski definition) is 1. The number of piperazine rings is 1. The maximum absolute atomic E-state index is 12.6. The van der Waals surface area contributed by atoms with E-state index in [4.69, 9.17) is 0 Å². The topological polar surface area (TPSA) is 61.4 Å². The molecular weight excluding hydrogens is 350 g/mol. The van der Waals surface area contributed by atoms with Gasteiger partial charge in [-0.05, 0) is 44.4 Å². The van der Waals surface area contributed by atoms with Crippen molar-refractivity contribution in [3.05, 3.63) is 47.4 Å². The molecule has 1 aromatic carbocycles. The quantitative estimate of drug-likeness (QED) is 0.885. The second-order valence-electron chi connectivity index (χ2n) is 7.93. The molecule has 6 nitrogen and oxygen atoms in total. The average Bonchev–Trinajstić information content (AvgIpc) is 3.21. The summed E-state index contributed by atoms with van der Waals surface area (Å²) in [5.74, 6) is 1.43. The van der Waals surface area contributed by atoms with Crippen molar-refractivity contribution in [2.24, 2.45) is 0 Å². The molecule has 0 spiro atoms. The van der Waals surface area contributed by atoms with Gasteiger partial charge in [0.15, 0.2) is 0 Å². The highest BCUT2D eigenvalue weighted by Crippen LogP contribution is 2.22. The van der Waals surface area contributed by atoms with E-state index in [0.29, 0.717) is 17.6 Å². The van der Waals surface area contributed by atoms with Crippen LogP contribution >= 0.6 is 0 Å². The lowest BCUT2D eigenvalue weighted by Crippen LogP contribution is -2.47. The Balaban J connectivity index is 1.43. The third kappa shape index (κ3) is 4.26. The first kappa shape index (κ1) is 18.7. The number of carbonyl (C=O) groups excluding carboxylic acids is 1. The van der Waals surface area contributed by atoms with Crippen molar-refractivity contribution < 1.29 is 4.79 Å². The van der Waals surface area contributed by atoms with Gasteiger partial charge in [-0.1, -0.05) is 25.0 Å². The van der Waals surface area contributed by atoms with Crippen LogP contribution in [0.25, 0.3) is 0 Å². The molecule has 2 aliphatic rings. The van der Waals surface area contributed by atoms with Crippen molar-refractivity contribution in [1.82, 2.24) is 15.3 Å². The van der Waals surface area contributed by atoms with Crippen LogP contribution in [-0.2, 0) is 0 Å². The van der Waals surface area contributed by atoms with Crippen molar-refractivity contribution in [1.29, 1.82) is 0 Å². The van der Waals surface area contributed by atoms with Crippen LogP contribution < -0.4 is 15.1 Å². The first-order valence-corrected chi connectivity index (χ1v) is 10.3. The predicted octanol–water partition coefficient (Wildman–Crippen LogP) is 3.09. The fraction of sp³-hybridized carbons (Fsp3) is 0.500. The first-order valence-electron chi connectivity index (χ1n) is 10.3. The molecule has 4 rings (SSSR count). The van der Waals surface area contributed by atoms with E-state index in [1.54, 1.807) is 0 Å². The molecule has 1 aromatic heterocycles. The highest BCUT2D eigenvalue weighted by molar-refractivity contribution is 5.93. The summed E-state index contributed by atoms with van der Waals surface area (Å²) in [4.78, 5) is 26.3. The third-order valence-corrected chi connectivity index (χ3v) is 5.72. The van der Waals surface area contributed by atoms with Gasteiger partial charge >= 0.3 is 0 Å². The van der Waals surface area contributed by atoms with E-state index in [9.17, 15) is 4.79 Å². The van der Waals surface area contributed by atoms with Crippen molar-refractivity contribution >= 4 is 17.4 Å². The van der Waals surface area contributed by atoms with Crippen molar-refractivity contribution in [3.63, 3.8) is 0 Å². The minimum absolute atomic E-state index is 0.0722. The van der Waals surface area contributed by atoms with Gasteiger partial charge in [0.05, 0.1) is 0 Å². The summed E-state index contributed by atoms with van der Waals surface area (Å²) in [6, 6.07) is 10.8. The summed E-state index contributed by atoms with van der Waals surface area (Å²) in [5.41, 5.74) is 3.04. The molecular formula is C22H29N5O. The van der Waals surface area contributed by atoms with E-state index in [2.05, 4.69) is 56.3 Å². The zero-order chi connectivity index (χ0) is 19.5. The van der Waals surface area contributed by atoms with Gasteiger partial charge in [0.25, 0.3) is 5.91 Å². The lowest BCUT2D eigenvalue weighted by Gasteiger charge is -2.37. The number of carbonyl (C=O) groups is 1. The molecule has 2 aromatic rings. The predicted molar refractivity (Wildman–Crippen MR) is 112 cm³/mol. The minimum atomic E-state index is -0.0722. The van der Waals surface area contributed by atoms with Gasteiger partial charge in [-0.2, -0.15) is 0 Å². The summed E-state index contributed by atoms with van der Waals surface area (Å²) >= 11 is 0. The Morgan fingerprint density at radius 3 is 2.43 bits per heavy atom. The third-order valence-electron chi connectivity index (χ3n) is 5.72. The van der Waals surface area contributed by atoms with Gasteiger partial charge in [0.1, 0.15) is 17.3 Å². The zero-order valence-corrected chi connectivity index (χ0v) is 16.8. The Labute approximate surface area is 167 Å².